The summed E-state index contributed by atoms with van der Waals surface area (Å²) in [5.41, 5.74) is 4.76. The van der Waals surface area contributed by atoms with E-state index in [1.807, 2.05) is 0 Å². The van der Waals surface area contributed by atoms with Gasteiger partial charge in [0.05, 0.1) is 19.8 Å². The van der Waals surface area contributed by atoms with Crippen LogP contribution < -0.4 is 20.3 Å². The molecule has 2 aromatic carbocycles. The zero-order chi connectivity index (χ0) is 22.2. The van der Waals surface area contributed by atoms with Gasteiger partial charge in [-0.2, -0.15) is 0 Å². The summed E-state index contributed by atoms with van der Waals surface area (Å²) in [6, 6.07) is 15.0. The monoisotopic (exact) mass is 562 g/mol. The Morgan fingerprint density at radius 1 is 1.15 bits per heavy atom. The van der Waals surface area contributed by atoms with E-state index in [1.54, 1.807) is 0 Å². The molecule has 0 spiro atoms. The van der Waals surface area contributed by atoms with Crippen molar-refractivity contribution in [3.05, 3.63) is 71.3 Å². The molecule has 2 heterocycles. The third kappa shape index (κ3) is 7.37. The van der Waals surface area contributed by atoms with Crippen molar-refractivity contribution in [2.24, 2.45) is 4.99 Å². The number of rotatable bonds is 8. The molecular formula is C26H35IN4O2. The maximum atomic E-state index is 6.24. The van der Waals surface area contributed by atoms with Crippen molar-refractivity contribution in [1.29, 1.82) is 0 Å². The quantitative estimate of drug-likeness (QED) is 0.216. The number of benzene rings is 2. The third-order valence-electron chi connectivity index (χ3n) is 5.71. The van der Waals surface area contributed by atoms with Gasteiger partial charge in [0.2, 0.25) is 0 Å². The Morgan fingerprint density at radius 2 is 2.00 bits per heavy atom. The van der Waals surface area contributed by atoms with Gasteiger partial charge in [0, 0.05) is 43.9 Å². The zero-order valence-electron chi connectivity index (χ0n) is 19.5. The molecule has 178 valence electrons. The Balaban J connectivity index is 0.00000306. The highest BCUT2D eigenvalue weighted by Crippen LogP contribution is 2.24. The largest absolute Gasteiger partial charge is 0.488 e. The van der Waals surface area contributed by atoms with Gasteiger partial charge in [-0.05, 0) is 43.2 Å². The number of halogens is 1. The minimum atomic E-state index is 0. The molecule has 0 bridgehead atoms. The fourth-order valence-corrected chi connectivity index (χ4v) is 3.93. The molecule has 4 rings (SSSR count). The van der Waals surface area contributed by atoms with Crippen molar-refractivity contribution in [2.45, 2.75) is 39.5 Å². The van der Waals surface area contributed by atoms with Crippen LogP contribution in [0.3, 0.4) is 0 Å². The number of guanidine groups is 1. The molecule has 1 saturated heterocycles. The Hall–Kier alpha value is -2.26. The second-order valence-electron chi connectivity index (χ2n) is 8.31. The highest BCUT2D eigenvalue weighted by molar-refractivity contribution is 14.0. The SMILES string of the molecule is CCNC(=NCc1cccc(N2CC=CC2)c1)NCc1ccc(C)cc1OC1CCOC1.I. The number of aryl methyl sites for hydroxylation is 1. The van der Waals surface area contributed by atoms with Crippen LogP contribution in [0.25, 0.3) is 0 Å². The Morgan fingerprint density at radius 3 is 2.76 bits per heavy atom. The summed E-state index contributed by atoms with van der Waals surface area (Å²) in [6.07, 6.45) is 5.49. The van der Waals surface area contributed by atoms with E-state index in [0.29, 0.717) is 19.7 Å². The van der Waals surface area contributed by atoms with Crippen molar-refractivity contribution in [2.75, 3.05) is 37.7 Å². The lowest BCUT2D eigenvalue weighted by Gasteiger charge is -2.19. The van der Waals surface area contributed by atoms with E-state index < -0.39 is 0 Å². The molecule has 33 heavy (non-hydrogen) atoms. The zero-order valence-corrected chi connectivity index (χ0v) is 21.9. The van der Waals surface area contributed by atoms with Gasteiger partial charge in [-0.25, -0.2) is 4.99 Å². The smallest absolute Gasteiger partial charge is 0.191 e. The summed E-state index contributed by atoms with van der Waals surface area (Å²) in [6.45, 7) is 9.65. The van der Waals surface area contributed by atoms with E-state index in [1.165, 1.54) is 16.8 Å². The number of ether oxygens (including phenoxy) is 2. The molecule has 2 N–H and O–H groups in total. The first-order valence-electron chi connectivity index (χ1n) is 11.6. The van der Waals surface area contributed by atoms with Crippen molar-refractivity contribution >= 4 is 35.6 Å². The first-order valence-corrected chi connectivity index (χ1v) is 11.6. The number of hydrogen-bond acceptors (Lipinski definition) is 4. The molecule has 2 aliphatic rings. The Kier molecular flexibility index (Phi) is 9.87. The molecule has 0 saturated carbocycles. The second-order valence-corrected chi connectivity index (χ2v) is 8.31. The Labute approximate surface area is 214 Å². The van der Waals surface area contributed by atoms with Crippen LogP contribution in [0.2, 0.25) is 0 Å². The van der Waals surface area contributed by atoms with Gasteiger partial charge in [-0.15, -0.1) is 24.0 Å². The summed E-state index contributed by atoms with van der Waals surface area (Å²) < 4.78 is 11.7. The van der Waals surface area contributed by atoms with Crippen molar-refractivity contribution in [1.82, 2.24) is 10.6 Å². The normalized spacial score (nSPS) is 17.7. The molecule has 1 atom stereocenters. The predicted molar refractivity (Wildman–Crippen MR) is 146 cm³/mol. The minimum absolute atomic E-state index is 0. The van der Waals surface area contributed by atoms with Crippen molar-refractivity contribution in [3.63, 3.8) is 0 Å². The maximum absolute atomic E-state index is 6.24. The van der Waals surface area contributed by atoms with Crippen LogP contribution in [0, 0.1) is 6.92 Å². The number of hydrogen-bond donors (Lipinski definition) is 2. The fourth-order valence-electron chi connectivity index (χ4n) is 3.93. The predicted octanol–water partition coefficient (Wildman–Crippen LogP) is 4.41. The molecule has 1 unspecified atom stereocenters. The van der Waals surface area contributed by atoms with E-state index >= 15 is 0 Å². The Bertz CT molecular complexity index is 949. The van der Waals surface area contributed by atoms with Crippen LogP contribution in [0.1, 0.15) is 30.0 Å². The topological polar surface area (TPSA) is 58.1 Å². The summed E-state index contributed by atoms with van der Waals surface area (Å²) >= 11 is 0. The fraction of sp³-hybridized carbons (Fsp3) is 0.423. The van der Waals surface area contributed by atoms with Gasteiger partial charge in [0.1, 0.15) is 11.9 Å². The highest BCUT2D eigenvalue weighted by Gasteiger charge is 2.19. The van der Waals surface area contributed by atoms with Gasteiger partial charge in [0.25, 0.3) is 0 Å². The van der Waals surface area contributed by atoms with E-state index in [-0.39, 0.29) is 30.1 Å². The summed E-state index contributed by atoms with van der Waals surface area (Å²) in [4.78, 5) is 7.17. The van der Waals surface area contributed by atoms with E-state index in [2.05, 4.69) is 84.0 Å². The van der Waals surface area contributed by atoms with Crippen molar-refractivity contribution in [3.8, 4) is 5.75 Å². The maximum Gasteiger partial charge on any atom is 0.191 e. The van der Waals surface area contributed by atoms with Crippen LogP contribution in [0.15, 0.2) is 59.6 Å². The van der Waals surface area contributed by atoms with Gasteiger partial charge in [0.15, 0.2) is 5.96 Å². The molecule has 2 aliphatic heterocycles. The molecule has 2 aromatic rings. The average Bonchev–Trinajstić information content (AvgIpc) is 3.51. The van der Waals surface area contributed by atoms with Crippen LogP contribution in [0.5, 0.6) is 5.75 Å². The van der Waals surface area contributed by atoms with Crippen molar-refractivity contribution < 1.29 is 9.47 Å². The van der Waals surface area contributed by atoms with Crippen LogP contribution in [-0.4, -0.2) is 44.9 Å². The van der Waals surface area contributed by atoms with Gasteiger partial charge in [-0.3, -0.25) is 0 Å². The lowest BCUT2D eigenvalue weighted by Crippen LogP contribution is -2.37. The van der Waals surface area contributed by atoms with E-state index in [9.17, 15) is 0 Å². The van der Waals surface area contributed by atoms with Gasteiger partial charge >= 0.3 is 0 Å². The van der Waals surface area contributed by atoms with E-state index in [4.69, 9.17) is 14.5 Å². The molecule has 0 aromatic heterocycles. The second kappa shape index (κ2) is 12.8. The van der Waals surface area contributed by atoms with Gasteiger partial charge < -0.3 is 25.0 Å². The standard InChI is InChI=1S/C26H34N4O2.HI/c1-3-27-26(28-17-21-7-6-8-23(16-21)30-12-4-5-13-30)29-18-22-10-9-20(2)15-25(22)32-24-11-14-31-19-24;/h4-10,15-16,24H,3,11-14,17-19H2,1-2H3,(H2,27,28,29);1H. The lowest BCUT2D eigenvalue weighted by molar-refractivity contribution is 0.140. The number of nitrogens with one attached hydrogen (secondary N) is 2. The third-order valence-corrected chi connectivity index (χ3v) is 5.71. The van der Waals surface area contributed by atoms with Crippen LogP contribution in [-0.2, 0) is 17.8 Å². The summed E-state index contributed by atoms with van der Waals surface area (Å²) in [5, 5.41) is 6.82. The number of anilines is 1. The van der Waals surface area contributed by atoms with Crippen LogP contribution >= 0.6 is 24.0 Å². The molecule has 1 fully saturated rings. The number of aliphatic imine (C=N–C) groups is 1. The molecule has 6 nitrogen and oxygen atoms in total. The molecular weight excluding hydrogens is 527 g/mol. The van der Waals surface area contributed by atoms with Gasteiger partial charge in [-0.1, -0.05) is 36.4 Å². The highest BCUT2D eigenvalue weighted by atomic mass is 127. The first-order chi connectivity index (χ1) is 15.7. The first kappa shape index (κ1) is 25.4. The number of nitrogens with zero attached hydrogens (tertiary/aromatic N) is 2. The summed E-state index contributed by atoms with van der Waals surface area (Å²) in [5.74, 6) is 1.73. The summed E-state index contributed by atoms with van der Waals surface area (Å²) in [7, 11) is 0. The minimum Gasteiger partial charge on any atom is -0.488 e. The molecule has 0 aliphatic carbocycles. The molecule has 0 amide bonds. The van der Waals surface area contributed by atoms with E-state index in [0.717, 1.165) is 49.9 Å². The lowest BCUT2D eigenvalue weighted by atomic mass is 10.1. The average molecular weight is 562 g/mol. The van der Waals surface area contributed by atoms with Crippen LogP contribution in [0.4, 0.5) is 5.69 Å². The molecule has 7 heteroatoms. The molecule has 0 radical (unpaired) electrons.